The summed E-state index contributed by atoms with van der Waals surface area (Å²) in [4.78, 5) is 18.6. The van der Waals surface area contributed by atoms with Crippen LogP contribution in [-0.2, 0) is 32.2 Å². The largest absolute Gasteiger partial charge is 3.00 e. The van der Waals surface area contributed by atoms with E-state index in [1.54, 1.807) is 0 Å². The summed E-state index contributed by atoms with van der Waals surface area (Å²) in [6.07, 6.45) is 0. The third-order valence-electron chi connectivity index (χ3n) is 3.56. The van der Waals surface area contributed by atoms with Crippen molar-refractivity contribution in [2.45, 2.75) is 0 Å². The maximum atomic E-state index is 8.58. The average molecular weight is 1210 g/mol. The van der Waals surface area contributed by atoms with E-state index >= 15 is 0 Å². The van der Waals surface area contributed by atoms with E-state index in [9.17, 15) is 0 Å². The smallest absolute Gasteiger partial charge is 3.00 e. The van der Waals surface area contributed by atoms with Crippen LogP contribution in [0.15, 0.2) is 0 Å². The molecule has 0 rings (SSSR count). The van der Waals surface area contributed by atoms with E-state index in [2.05, 4.69) is 0 Å². The summed E-state index contributed by atoms with van der Waals surface area (Å²) in [5.74, 6) is 0. The minimum Gasteiger partial charge on any atom is 3.00 e. The summed E-state index contributed by atoms with van der Waals surface area (Å²) in [5, 5.41) is 154. The summed E-state index contributed by atoms with van der Waals surface area (Å²) >= 11 is 0. The normalized spacial score (nSPS) is 12.1. The summed E-state index contributed by atoms with van der Waals surface area (Å²) in [6, 6.07) is 0. The zero-order valence-corrected chi connectivity index (χ0v) is 36.3. The van der Waals surface area contributed by atoms with Crippen molar-refractivity contribution in [3.63, 3.8) is 0 Å². The van der Waals surface area contributed by atoms with Crippen molar-refractivity contribution in [1.82, 2.24) is 0 Å². The summed E-state index contributed by atoms with van der Waals surface area (Å²) < 4.78 is 0. The van der Waals surface area contributed by atoms with Crippen LogP contribution in [0, 0.1) is 347 Å². The van der Waals surface area contributed by atoms with Gasteiger partial charge in [0.05, 0.1) is 0 Å². The van der Waals surface area contributed by atoms with Crippen LogP contribution in [0.5, 0.6) is 0 Å². The van der Waals surface area contributed by atoms with Gasteiger partial charge in [0.15, 0.2) is 0 Å². The average Bonchev–Trinajstić information content (AvgIpc) is 3.06. The van der Waals surface area contributed by atoms with Crippen LogP contribution < -0.4 is 0 Å². The Morgan fingerprint density at radius 1 is 0.163 bits per heavy atom. The number of nitriles is 18. The molecule has 0 aromatic carbocycles. The fraction of sp³-hybridized carbons (Fsp3) is 0. The minimum atomic E-state index is -6.17. The molecule has 0 atom stereocenters. The van der Waals surface area contributed by atoms with Crippen molar-refractivity contribution in [3.8, 4) is 89.4 Å². The van der Waals surface area contributed by atoms with Crippen molar-refractivity contribution in [2.75, 3.05) is 0 Å². The van der Waals surface area contributed by atoms with Crippen molar-refractivity contribution >= 4 is 0 Å². The first kappa shape index (κ1) is 56.6. The molecule has 0 spiro atoms. The van der Waals surface area contributed by atoms with E-state index in [0.29, 0.717) is 0 Å². The molecule has 43 heavy (non-hydrogen) atoms. The van der Waals surface area contributed by atoms with Gasteiger partial charge >= 0.3 is 380 Å². The van der Waals surface area contributed by atoms with Crippen molar-refractivity contribution in [2.24, 2.45) is 0 Å². The second-order valence-corrected chi connectivity index (χ2v) is 22.3. The molecule has 0 amide bonds. The Bertz CT molecular complexity index is 1420. The summed E-state index contributed by atoms with van der Waals surface area (Å²) in [6.45, 7) is 0. The molecule has 0 heterocycles. The topological polar surface area (TPSA) is 428 Å². The van der Waals surface area contributed by atoms with Crippen molar-refractivity contribution < 1.29 is 196 Å². The fourth-order valence-electron chi connectivity index (χ4n) is 0.795. The molecule has 4 radical (unpaired) electrons. The second kappa shape index (κ2) is 16.2. The Labute approximate surface area is 371 Å². The monoisotopic (exact) mass is 1200 g/mol. The Balaban J connectivity index is -0.0000000864. The first-order valence-electron chi connectivity index (χ1n) is 7.21. The van der Waals surface area contributed by atoms with Crippen LogP contribution in [-0.4, -0.2) is 0 Å². The Kier molecular flexibility index (Phi) is 21.3. The molecule has 0 aromatic rings. The molecule has 0 aliphatic rings. The second-order valence-electron chi connectivity index (χ2n) is 5.40. The fourth-order valence-corrected chi connectivity index (χ4v) is 3.28. The third-order valence-corrected chi connectivity index (χ3v) is 14.7. The maximum absolute atomic E-state index is 8.58. The quantitative estimate of drug-likeness (QED) is 0.294. The molecule has 25 heteroatoms. The van der Waals surface area contributed by atoms with Gasteiger partial charge in [-0.25, -0.2) is 0 Å². The molecule has 0 saturated carbocycles. The van der Waals surface area contributed by atoms with Crippen LogP contribution >= 0.6 is 0 Å². The van der Waals surface area contributed by atoms with Gasteiger partial charge in [0.2, 0.25) is 0 Å². The van der Waals surface area contributed by atoms with Crippen LogP contribution in [0.3, 0.4) is 0 Å². The van der Waals surface area contributed by atoms with Gasteiger partial charge in [0, 0.05) is 0 Å². The molecule has 0 aliphatic carbocycles. The van der Waals surface area contributed by atoms with Gasteiger partial charge in [-0.2, -0.15) is 0 Å². The summed E-state index contributed by atoms with van der Waals surface area (Å²) in [5.41, 5.74) is 0. The van der Waals surface area contributed by atoms with Gasteiger partial charge in [-0.3, -0.25) is 0 Å². The molecular formula is C18Fe3N18Nd4. The number of hydrogen-bond donors (Lipinski definition) is 0. The number of rotatable bonds is 0. The van der Waals surface area contributed by atoms with Crippen molar-refractivity contribution in [1.29, 1.82) is 94.7 Å². The number of nitrogens with zero attached hydrogens (tertiary/aromatic N) is 18. The van der Waals surface area contributed by atoms with Crippen LogP contribution in [0.25, 0.3) is 0 Å². The molecule has 18 nitrogen and oxygen atoms in total. The van der Waals surface area contributed by atoms with E-state index in [1.807, 2.05) is 0 Å². The molecule has 0 aromatic heterocycles. The molecule has 0 saturated heterocycles. The SMILES string of the molecule is N#[C][Fe-4]([C]#N)([C]#N)([C]#N)([C]#N)[C]#N.N#[C][Fe-4]([C]#N)([C]#N)([C]#N)([C]#N)[C]#N.N#[C][Fe-4]([C]#N)([C]#N)([C]#N)([C]#N)[C]#N.[Nd+3].[Nd+3].[Nd+3].[Nd+3]. The minimum absolute atomic E-state index is 0. The molecule has 202 valence electrons. The van der Waals surface area contributed by atoms with E-state index in [0.717, 1.165) is 89.4 Å². The van der Waals surface area contributed by atoms with E-state index < -0.39 is 32.2 Å². The zero-order chi connectivity index (χ0) is 32.0. The van der Waals surface area contributed by atoms with Gasteiger partial charge in [0.25, 0.3) is 0 Å². The predicted molar refractivity (Wildman–Crippen MR) is 101 cm³/mol. The zero-order valence-electron chi connectivity index (χ0n) is 20.1. The molecule has 0 aliphatic heterocycles. The van der Waals surface area contributed by atoms with Gasteiger partial charge in [-0.1, -0.05) is 0 Å². The van der Waals surface area contributed by atoms with Crippen LogP contribution in [0.4, 0.5) is 0 Å². The Morgan fingerprint density at radius 3 is 0.209 bits per heavy atom. The Hall–Kier alpha value is -2.22. The summed E-state index contributed by atoms with van der Waals surface area (Å²) in [7, 11) is -18.5. The molecule has 0 unspecified atom stereocenters. The first-order chi connectivity index (χ1) is 17.9. The maximum Gasteiger partial charge on any atom is 3.00 e. The molecular weight excluding hydrogens is 1210 g/mol. The standard InChI is InChI=1S/18CN.3Fe.4Nd/c18*1-2;;;;;;;/q;;;;;;;;;;;;;;;;;;3*-4;4*+3. The van der Waals surface area contributed by atoms with Crippen molar-refractivity contribution in [3.05, 3.63) is 0 Å². The third kappa shape index (κ3) is 7.37. The van der Waals surface area contributed by atoms with Gasteiger partial charge in [0.1, 0.15) is 0 Å². The van der Waals surface area contributed by atoms with E-state index in [4.69, 9.17) is 94.7 Å². The van der Waals surface area contributed by atoms with E-state index in [1.165, 1.54) is 0 Å². The molecule has 0 bridgehead atoms. The van der Waals surface area contributed by atoms with E-state index in [-0.39, 0.29) is 163 Å². The van der Waals surface area contributed by atoms with Gasteiger partial charge in [-0.15, -0.1) is 0 Å². The van der Waals surface area contributed by atoms with Crippen LogP contribution in [0.1, 0.15) is 0 Å². The predicted octanol–water partition coefficient (Wildman–Crippen LogP) is 0.295. The molecule has 0 N–H and O–H groups in total. The van der Waals surface area contributed by atoms with Gasteiger partial charge < -0.3 is 0 Å². The van der Waals surface area contributed by atoms with Gasteiger partial charge in [-0.05, 0) is 0 Å². The first-order valence-corrected chi connectivity index (χ1v) is 17.1. The molecule has 0 fully saturated rings. The Morgan fingerprint density at radius 2 is 0.209 bits per heavy atom. The van der Waals surface area contributed by atoms with Crippen LogP contribution in [0.2, 0.25) is 0 Å². The number of hydrogen-bond acceptors (Lipinski definition) is 18.